The first-order valence-electron chi connectivity index (χ1n) is 12.2. The Bertz CT molecular complexity index is 1220. The van der Waals surface area contributed by atoms with Gasteiger partial charge in [-0.3, -0.25) is 9.59 Å². The van der Waals surface area contributed by atoms with Crippen LogP contribution < -0.4 is 20.3 Å². The zero-order chi connectivity index (χ0) is 24.9. The molecular formula is C26H32ClN3O4S. The van der Waals surface area contributed by atoms with Crippen molar-refractivity contribution < 1.29 is 14.3 Å². The summed E-state index contributed by atoms with van der Waals surface area (Å²) < 4.78 is 12.7. The molecule has 2 fully saturated rings. The predicted molar refractivity (Wildman–Crippen MR) is 138 cm³/mol. The van der Waals surface area contributed by atoms with E-state index in [2.05, 4.69) is 15.2 Å². The van der Waals surface area contributed by atoms with Crippen molar-refractivity contribution in [2.75, 3.05) is 19.3 Å². The minimum atomic E-state index is -0.802. The van der Waals surface area contributed by atoms with Crippen molar-refractivity contribution in [2.45, 2.75) is 69.7 Å². The van der Waals surface area contributed by atoms with Crippen molar-refractivity contribution in [1.29, 1.82) is 0 Å². The number of hydrogen-bond acceptors (Lipinski definition) is 6. The van der Waals surface area contributed by atoms with Gasteiger partial charge in [0.2, 0.25) is 0 Å². The van der Waals surface area contributed by atoms with Crippen LogP contribution in [0.3, 0.4) is 0 Å². The molecule has 1 saturated carbocycles. The molecular weight excluding hydrogens is 486 g/mol. The third kappa shape index (κ3) is 4.68. The molecule has 35 heavy (non-hydrogen) atoms. The smallest absolute Gasteiger partial charge is 0.254 e. The van der Waals surface area contributed by atoms with E-state index in [4.69, 9.17) is 21.1 Å². The van der Waals surface area contributed by atoms with Crippen molar-refractivity contribution in [2.24, 2.45) is 5.92 Å². The third-order valence-corrected chi connectivity index (χ3v) is 8.59. The average Bonchev–Trinajstić information content (AvgIpc) is 3.62. The molecule has 2 aliphatic heterocycles. The SMILES string of the molecule is CSc1cc(C)[nH]c(=O)c1CNC(=O)c1cc(Cl)c2c(c1C)O[C@](C)(C1CCN(C3CC3)CC1)O2. The van der Waals surface area contributed by atoms with Gasteiger partial charge in [0.25, 0.3) is 17.3 Å². The number of nitrogens with one attached hydrogen (secondary N) is 2. The number of rotatable bonds is 6. The van der Waals surface area contributed by atoms with Gasteiger partial charge < -0.3 is 24.7 Å². The summed E-state index contributed by atoms with van der Waals surface area (Å²) in [6.45, 7) is 7.91. The van der Waals surface area contributed by atoms with Crippen LogP contribution in [0.5, 0.6) is 11.5 Å². The van der Waals surface area contributed by atoms with E-state index in [1.807, 2.05) is 33.1 Å². The number of aromatic amines is 1. The summed E-state index contributed by atoms with van der Waals surface area (Å²) in [5, 5.41) is 3.24. The number of pyridine rings is 1. The second-order valence-corrected chi connectivity index (χ2v) is 11.2. The van der Waals surface area contributed by atoms with Gasteiger partial charge in [-0.1, -0.05) is 11.6 Å². The number of aryl methyl sites for hydroxylation is 1. The zero-order valence-electron chi connectivity index (χ0n) is 20.6. The molecule has 0 unspecified atom stereocenters. The maximum absolute atomic E-state index is 13.1. The van der Waals surface area contributed by atoms with E-state index in [0.29, 0.717) is 33.2 Å². The largest absolute Gasteiger partial charge is 0.448 e. The highest BCUT2D eigenvalue weighted by Crippen LogP contribution is 2.51. The Kier molecular flexibility index (Phi) is 6.57. The molecule has 9 heteroatoms. The molecule has 0 spiro atoms. The van der Waals surface area contributed by atoms with Crippen molar-refractivity contribution >= 4 is 29.3 Å². The van der Waals surface area contributed by atoms with Crippen molar-refractivity contribution in [1.82, 2.24) is 15.2 Å². The molecule has 3 aliphatic rings. The molecule has 1 amide bonds. The number of halogens is 1. The molecule has 1 aromatic carbocycles. The molecule has 7 nitrogen and oxygen atoms in total. The van der Waals surface area contributed by atoms with E-state index in [1.165, 1.54) is 24.6 Å². The van der Waals surface area contributed by atoms with Crippen LogP contribution in [0.1, 0.15) is 59.8 Å². The number of carbonyl (C=O) groups excluding carboxylic acids is 1. The first-order valence-corrected chi connectivity index (χ1v) is 13.8. The third-order valence-electron chi connectivity index (χ3n) is 7.50. The van der Waals surface area contributed by atoms with Crippen LogP contribution in [-0.2, 0) is 6.54 Å². The van der Waals surface area contributed by atoms with Gasteiger partial charge in [-0.15, -0.1) is 11.8 Å². The Hall–Kier alpha value is -2.16. The van der Waals surface area contributed by atoms with Crippen LogP contribution in [0, 0.1) is 19.8 Å². The number of benzene rings is 1. The van der Waals surface area contributed by atoms with Crippen LogP contribution in [0.25, 0.3) is 0 Å². The molecule has 3 heterocycles. The van der Waals surface area contributed by atoms with E-state index in [1.54, 1.807) is 6.07 Å². The second kappa shape index (κ2) is 9.37. The second-order valence-electron chi connectivity index (χ2n) is 9.96. The topological polar surface area (TPSA) is 83.7 Å². The summed E-state index contributed by atoms with van der Waals surface area (Å²) >= 11 is 8.07. The summed E-state index contributed by atoms with van der Waals surface area (Å²) in [6.07, 6.45) is 6.56. The zero-order valence-corrected chi connectivity index (χ0v) is 22.2. The van der Waals surface area contributed by atoms with E-state index in [9.17, 15) is 9.59 Å². The summed E-state index contributed by atoms with van der Waals surface area (Å²) in [4.78, 5) is 31.8. The number of amides is 1. The molecule has 1 atom stereocenters. The number of hydrogen-bond donors (Lipinski definition) is 2. The predicted octanol–water partition coefficient (Wildman–Crippen LogP) is 4.66. The molecule has 188 valence electrons. The first kappa shape index (κ1) is 24.5. The highest BCUT2D eigenvalue weighted by atomic mass is 35.5. The molecule has 1 saturated heterocycles. The minimum absolute atomic E-state index is 0.118. The van der Waals surface area contributed by atoms with Crippen molar-refractivity contribution in [3.63, 3.8) is 0 Å². The number of H-pyrrole nitrogens is 1. The monoisotopic (exact) mass is 517 g/mol. The van der Waals surface area contributed by atoms with Crippen molar-refractivity contribution in [3.05, 3.63) is 49.9 Å². The molecule has 2 aromatic rings. The fourth-order valence-corrected chi connectivity index (χ4v) is 6.22. The Labute approximate surface area is 214 Å². The van der Waals surface area contributed by atoms with Gasteiger partial charge in [0.1, 0.15) is 0 Å². The van der Waals surface area contributed by atoms with E-state index < -0.39 is 5.79 Å². The highest BCUT2D eigenvalue weighted by molar-refractivity contribution is 7.98. The van der Waals surface area contributed by atoms with E-state index >= 15 is 0 Å². The van der Waals surface area contributed by atoms with Gasteiger partial charge in [-0.2, -0.15) is 0 Å². The number of carbonyl (C=O) groups is 1. The van der Waals surface area contributed by atoms with Crippen LogP contribution in [0.4, 0.5) is 0 Å². The number of piperidine rings is 1. The molecule has 0 bridgehead atoms. The molecule has 1 aromatic heterocycles. The number of fused-ring (bicyclic) bond motifs is 1. The van der Waals surface area contributed by atoms with Gasteiger partial charge >= 0.3 is 0 Å². The standard InChI is InChI=1S/C26H32ClN3O4S/c1-14-11-21(35-4)19(25(32)29-14)13-28-24(31)18-12-20(27)23-22(15(18)2)33-26(3,34-23)16-7-9-30(10-8-16)17-5-6-17/h11-12,16-17H,5-10,13H2,1-4H3,(H,28,31)(H,29,32)/t26-/m0/s1. The number of nitrogens with zero attached hydrogens (tertiary/aromatic N) is 1. The van der Waals surface area contributed by atoms with Crippen LogP contribution in [0.15, 0.2) is 21.8 Å². The Morgan fingerprint density at radius 3 is 2.54 bits per heavy atom. The fraction of sp³-hybridized carbons (Fsp3) is 0.538. The summed E-state index contributed by atoms with van der Waals surface area (Å²) in [7, 11) is 0. The summed E-state index contributed by atoms with van der Waals surface area (Å²) in [5.41, 5.74) is 2.22. The van der Waals surface area contributed by atoms with Gasteiger partial charge in [0.05, 0.1) is 5.02 Å². The van der Waals surface area contributed by atoms with Crippen molar-refractivity contribution in [3.8, 4) is 11.5 Å². The van der Waals surface area contributed by atoms with Gasteiger partial charge in [0.15, 0.2) is 11.5 Å². The van der Waals surface area contributed by atoms with Gasteiger partial charge in [0, 0.05) is 52.7 Å². The molecule has 5 rings (SSSR count). The maximum Gasteiger partial charge on any atom is 0.254 e. The normalized spacial score (nSPS) is 22.4. The lowest BCUT2D eigenvalue weighted by atomic mass is 9.89. The van der Waals surface area contributed by atoms with E-state index in [0.717, 1.165) is 42.6 Å². The van der Waals surface area contributed by atoms with Crippen LogP contribution in [0.2, 0.25) is 5.02 Å². The lowest BCUT2D eigenvalue weighted by Crippen LogP contribution is -2.49. The quantitative estimate of drug-likeness (QED) is 0.542. The number of likely N-dealkylation sites (tertiary alicyclic amines) is 1. The maximum atomic E-state index is 13.1. The number of ether oxygens (including phenoxy) is 2. The number of aromatic nitrogens is 1. The number of thioether (sulfide) groups is 1. The minimum Gasteiger partial charge on any atom is -0.448 e. The average molecular weight is 518 g/mol. The van der Waals surface area contributed by atoms with Crippen LogP contribution >= 0.6 is 23.4 Å². The molecule has 2 N–H and O–H groups in total. The Balaban J connectivity index is 1.32. The Morgan fingerprint density at radius 2 is 1.89 bits per heavy atom. The van der Waals surface area contributed by atoms with E-state index in [-0.39, 0.29) is 23.9 Å². The Morgan fingerprint density at radius 1 is 1.20 bits per heavy atom. The molecule has 0 radical (unpaired) electrons. The summed E-state index contributed by atoms with van der Waals surface area (Å²) in [5.74, 6) is 0.175. The fourth-order valence-electron chi connectivity index (χ4n) is 5.28. The first-order chi connectivity index (χ1) is 16.7. The molecule has 1 aliphatic carbocycles. The van der Waals surface area contributed by atoms with Gasteiger partial charge in [-0.05, 0) is 71.0 Å². The highest BCUT2D eigenvalue weighted by Gasteiger charge is 2.48. The lowest BCUT2D eigenvalue weighted by Gasteiger charge is -2.38. The van der Waals surface area contributed by atoms with Gasteiger partial charge in [-0.25, -0.2) is 0 Å². The summed E-state index contributed by atoms with van der Waals surface area (Å²) in [6, 6.07) is 4.31. The lowest BCUT2D eigenvalue weighted by molar-refractivity contribution is -0.125. The van der Waals surface area contributed by atoms with Crippen LogP contribution in [-0.4, -0.2) is 47.0 Å².